The topological polar surface area (TPSA) is 60.9 Å². The minimum atomic E-state index is -0.562. The van der Waals surface area contributed by atoms with E-state index in [0.717, 1.165) is 18.4 Å². The Bertz CT molecular complexity index is 710. The van der Waals surface area contributed by atoms with Crippen LogP contribution in [0.3, 0.4) is 0 Å². The average Bonchev–Trinajstić information content (AvgIpc) is 3.49. The van der Waals surface area contributed by atoms with E-state index in [1.54, 1.807) is 0 Å². The van der Waals surface area contributed by atoms with Gasteiger partial charge in [-0.3, -0.25) is 14.4 Å². The van der Waals surface area contributed by atoms with E-state index in [2.05, 4.69) is 38.1 Å². The molecule has 0 N–H and O–H groups in total. The zero-order valence-electron chi connectivity index (χ0n) is 16.5. The lowest BCUT2D eigenvalue weighted by Crippen LogP contribution is -2.56. The van der Waals surface area contributed by atoms with Crippen LogP contribution in [0.1, 0.15) is 50.7 Å². The molecule has 1 aromatic rings. The molecule has 27 heavy (non-hydrogen) atoms. The maximum Gasteiger partial charge on any atom is 0.312 e. The Morgan fingerprint density at radius 2 is 1.67 bits per heavy atom. The Balaban J connectivity index is 1.64. The quantitative estimate of drug-likeness (QED) is 0.689. The molecule has 1 aliphatic carbocycles. The van der Waals surface area contributed by atoms with Crippen LogP contribution in [-0.4, -0.2) is 64.6 Å². The number of nitrogens with zero attached hydrogens (tertiary/aromatic N) is 3. The van der Waals surface area contributed by atoms with Crippen molar-refractivity contribution in [3.8, 4) is 0 Å². The van der Waals surface area contributed by atoms with Crippen LogP contribution in [0.25, 0.3) is 0 Å². The first kappa shape index (κ1) is 19.4. The van der Waals surface area contributed by atoms with Crippen LogP contribution in [0.5, 0.6) is 0 Å². The van der Waals surface area contributed by atoms with Crippen molar-refractivity contribution < 1.29 is 14.4 Å². The second-order valence-corrected chi connectivity index (χ2v) is 7.76. The van der Waals surface area contributed by atoms with E-state index >= 15 is 0 Å². The summed E-state index contributed by atoms with van der Waals surface area (Å²) in [5.74, 6) is -0.658. The second-order valence-electron chi connectivity index (χ2n) is 7.76. The van der Waals surface area contributed by atoms with E-state index in [1.165, 1.54) is 15.4 Å². The number of hydrogen-bond donors (Lipinski definition) is 0. The number of carbonyl (C=O) groups is 3. The molecule has 1 aliphatic heterocycles. The third kappa shape index (κ3) is 4.49. The molecule has 0 radical (unpaired) electrons. The van der Waals surface area contributed by atoms with Crippen molar-refractivity contribution >= 4 is 17.7 Å². The van der Waals surface area contributed by atoms with E-state index < -0.39 is 11.8 Å². The molecule has 3 rings (SSSR count). The predicted octanol–water partition coefficient (Wildman–Crippen LogP) is 1.99. The predicted molar refractivity (Wildman–Crippen MR) is 103 cm³/mol. The number of amides is 3. The van der Waals surface area contributed by atoms with Gasteiger partial charge in [-0.2, -0.15) is 0 Å². The van der Waals surface area contributed by atoms with Crippen molar-refractivity contribution in [3.63, 3.8) is 0 Å². The summed E-state index contributed by atoms with van der Waals surface area (Å²) >= 11 is 0. The van der Waals surface area contributed by atoms with E-state index in [1.807, 2.05) is 11.8 Å². The molecular weight excluding hydrogens is 342 g/mol. The molecule has 2 aliphatic rings. The van der Waals surface area contributed by atoms with Crippen molar-refractivity contribution in [3.05, 3.63) is 35.4 Å². The van der Waals surface area contributed by atoms with Crippen molar-refractivity contribution in [2.24, 2.45) is 0 Å². The highest BCUT2D eigenvalue weighted by atomic mass is 16.2. The first-order chi connectivity index (χ1) is 12.9. The number of benzene rings is 1. The Kier molecular flexibility index (Phi) is 5.82. The monoisotopic (exact) mass is 371 g/mol. The highest BCUT2D eigenvalue weighted by molar-refractivity contribution is 6.35. The molecule has 0 bridgehead atoms. The van der Waals surface area contributed by atoms with Crippen molar-refractivity contribution in [2.75, 3.05) is 26.2 Å². The van der Waals surface area contributed by atoms with E-state index in [4.69, 9.17) is 0 Å². The maximum atomic E-state index is 12.9. The molecule has 2 fully saturated rings. The van der Waals surface area contributed by atoms with E-state index in [-0.39, 0.29) is 18.5 Å². The van der Waals surface area contributed by atoms with Gasteiger partial charge in [0.15, 0.2) is 0 Å². The maximum absolute atomic E-state index is 12.9. The minimum absolute atomic E-state index is 0.0112. The van der Waals surface area contributed by atoms with Gasteiger partial charge in [0.05, 0.1) is 0 Å². The number of likely N-dealkylation sites (N-methyl/N-ethyl adjacent to an activating group) is 1. The Hall–Kier alpha value is -2.37. The summed E-state index contributed by atoms with van der Waals surface area (Å²) in [6, 6.07) is 8.63. The van der Waals surface area contributed by atoms with Gasteiger partial charge in [0.1, 0.15) is 6.54 Å². The normalized spacial score (nSPS) is 17.6. The summed E-state index contributed by atoms with van der Waals surface area (Å²) in [4.78, 5) is 42.0. The van der Waals surface area contributed by atoms with Gasteiger partial charge in [-0.05, 0) is 36.8 Å². The van der Waals surface area contributed by atoms with Gasteiger partial charge in [0.2, 0.25) is 5.91 Å². The number of piperazine rings is 1. The second kappa shape index (κ2) is 8.11. The molecule has 0 spiro atoms. The SMILES string of the molecule is CCN1CCN(CC(=O)N(Cc2ccc(C(C)C)cc2)C2CC2)C(=O)C1=O. The molecule has 0 atom stereocenters. The molecule has 0 unspecified atom stereocenters. The summed E-state index contributed by atoms with van der Waals surface area (Å²) in [7, 11) is 0. The van der Waals surface area contributed by atoms with Gasteiger partial charge in [-0.1, -0.05) is 38.1 Å². The average molecular weight is 371 g/mol. The zero-order chi connectivity index (χ0) is 19.6. The summed E-state index contributed by atoms with van der Waals surface area (Å²) in [5.41, 5.74) is 2.37. The first-order valence-corrected chi connectivity index (χ1v) is 9.87. The molecule has 6 nitrogen and oxygen atoms in total. The standard InChI is InChI=1S/C21H29N3O3/c1-4-22-11-12-23(21(27)20(22)26)14-19(25)24(18-9-10-18)13-16-5-7-17(8-6-16)15(2)3/h5-8,15,18H,4,9-14H2,1-3H3. The third-order valence-corrected chi connectivity index (χ3v) is 5.41. The molecule has 1 heterocycles. The summed E-state index contributed by atoms with van der Waals surface area (Å²) in [6.07, 6.45) is 2.01. The van der Waals surface area contributed by atoms with E-state index in [9.17, 15) is 14.4 Å². The molecule has 1 aromatic carbocycles. The van der Waals surface area contributed by atoms with Crippen molar-refractivity contribution in [1.29, 1.82) is 0 Å². The fraction of sp³-hybridized carbons (Fsp3) is 0.571. The van der Waals surface area contributed by atoms with Gasteiger partial charge in [0, 0.05) is 32.2 Å². The Morgan fingerprint density at radius 1 is 1.07 bits per heavy atom. The third-order valence-electron chi connectivity index (χ3n) is 5.41. The summed E-state index contributed by atoms with van der Waals surface area (Å²) in [6.45, 7) is 8.15. The number of rotatable bonds is 7. The molecular formula is C21H29N3O3. The lowest BCUT2D eigenvalue weighted by molar-refractivity contribution is -0.157. The highest BCUT2D eigenvalue weighted by Crippen LogP contribution is 2.29. The minimum Gasteiger partial charge on any atom is -0.334 e. The van der Waals surface area contributed by atoms with Crippen LogP contribution in [0.15, 0.2) is 24.3 Å². The van der Waals surface area contributed by atoms with Gasteiger partial charge < -0.3 is 14.7 Å². The smallest absolute Gasteiger partial charge is 0.312 e. The summed E-state index contributed by atoms with van der Waals surface area (Å²) in [5, 5.41) is 0. The summed E-state index contributed by atoms with van der Waals surface area (Å²) < 4.78 is 0. The fourth-order valence-corrected chi connectivity index (χ4v) is 3.43. The van der Waals surface area contributed by atoms with Crippen LogP contribution >= 0.6 is 0 Å². The van der Waals surface area contributed by atoms with Crippen molar-refractivity contribution in [1.82, 2.24) is 14.7 Å². The van der Waals surface area contributed by atoms with Crippen LogP contribution in [0, 0.1) is 0 Å². The Labute approximate surface area is 161 Å². The van der Waals surface area contributed by atoms with Gasteiger partial charge >= 0.3 is 11.8 Å². The zero-order valence-corrected chi connectivity index (χ0v) is 16.5. The largest absolute Gasteiger partial charge is 0.334 e. The fourth-order valence-electron chi connectivity index (χ4n) is 3.43. The van der Waals surface area contributed by atoms with Crippen molar-refractivity contribution in [2.45, 2.75) is 52.1 Å². The lowest BCUT2D eigenvalue weighted by Gasteiger charge is -2.34. The molecule has 1 saturated carbocycles. The van der Waals surface area contributed by atoms with Gasteiger partial charge in [-0.25, -0.2) is 0 Å². The van der Waals surface area contributed by atoms with E-state index in [0.29, 0.717) is 32.1 Å². The lowest BCUT2D eigenvalue weighted by atomic mass is 10.0. The van der Waals surface area contributed by atoms with Crippen LogP contribution in [0.2, 0.25) is 0 Å². The molecule has 1 saturated heterocycles. The highest BCUT2D eigenvalue weighted by Gasteiger charge is 2.37. The van der Waals surface area contributed by atoms with Crippen LogP contribution < -0.4 is 0 Å². The van der Waals surface area contributed by atoms with Crippen LogP contribution in [-0.2, 0) is 20.9 Å². The molecule has 6 heteroatoms. The molecule has 0 aromatic heterocycles. The van der Waals surface area contributed by atoms with Gasteiger partial charge in [-0.15, -0.1) is 0 Å². The Morgan fingerprint density at radius 3 is 2.22 bits per heavy atom. The number of hydrogen-bond acceptors (Lipinski definition) is 3. The molecule has 3 amide bonds. The molecule has 146 valence electrons. The van der Waals surface area contributed by atoms with Gasteiger partial charge in [0.25, 0.3) is 0 Å². The first-order valence-electron chi connectivity index (χ1n) is 9.87. The van der Waals surface area contributed by atoms with Crippen LogP contribution in [0.4, 0.5) is 0 Å². The number of carbonyl (C=O) groups excluding carboxylic acids is 3.